The lowest BCUT2D eigenvalue weighted by Crippen LogP contribution is -2.43. The predicted molar refractivity (Wildman–Crippen MR) is 133 cm³/mol. The van der Waals surface area contributed by atoms with Crippen LogP contribution in [-0.2, 0) is 14.3 Å². The van der Waals surface area contributed by atoms with Gasteiger partial charge in [0.05, 0.1) is 6.10 Å². The van der Waals surface area contributed by atoms with Crippen molar-refractivity contribution in [3.63, 3.8) is 0 Å². The molecule has 0 aromatic heterocycles. The minimum Gasteiger partial charge on any atom is -0.461 e. The average Bonchev–Trinajstić information content (AvgIpc) is 3.16. The van der Waals surface area contributed by atoms with E-state index >= 15 is 0 Å². The number of hydrogen-bond donors (Lipinski definition) is 2. The summed E-state index contributed by atoms with van der Waals surface area (Å²) in [4.78, 5) is 12.3. The number of allylic oxidation sites excluding steroid dienone is 5. The van der Waals surface area contributed by atoms with Crippen LogP contribution in [0.2, 0.25) is 0 Å². The lowest BCUT2D eigenvalue weighted by atomic mass is 9.64. The van der Waals surface area contributed by atoms with Gasteiger partial charge in [-0.15, -0.1) is 0 Å². The first-order valence-corrected chi connectivity index (χ1v) is 13.3. The molecule has 0 aromatic carbocycles. The number of ether oxygens (including phenoxy) is 2. The molecule has 0 spiro atoms. The molecule has 0 aromatic rings. The van der Waals surface area contributed by atoms with Crippen molar-refractivity contribution in [3.8, 4) is 0 Å². The summed E-state index contributed by atoms with van der Waals surface area (Å²) in [6.45, 7) is 8.41. The molecule has 3 fully saturated rings. The average molecular weight is 471 g/mol. The Kier molecular flexibility index (Phi) is 7.85. The lowest BCUT2D eigenvalue weighted by molar-refractivity contribution is -0.227. The molecule has 2 N–H and O–H groups in total. The molecule has 5 heteroatoms. The molecule has 0 saturated heterocycles. The maximum atomic E-state index is 12.3. The van der Waals surface area contributed by atoms with Crippen LogP contribution in [0, 0.1) is 11.3 Å². The summed E-state index contributed by atoms with van der Waals surface area (Å²) in [5.41, 5.74) is 4.67. The van der Waals surface area contributed by atoms with Crippen molar-refractivity contribution in [1.29, 1.82) is 0 Å². The third-order valence-electron chi connectivity index (χ3n) is 8.69. The van der Waals surface area contributed by atoms with Gasteiger partial charge >= 0.3 is 5.97 Å². The Balaban J connectivity index is 1.41. The second-order valence-corrected chi connectivity index (χ2v) is 11.0. The highest BCUT2D eigenvalue weighted by molar-refractivity contribution is 5.71. The van der Waals surface area contributed by atoms with Gasteiger partial charge in [0.2, 0.25) is 0 Å². The Labute approximate surface area is 204 Å². The van der Waals surface area contributed by atoms with E-state index in [4.69, 9.17) is 9.47 Å². The normalized spacial score (nSPS) is 37.1. The summed E-state index contributed by atoms with van der Waals surface area (Å²) in [7, 11) is 0. The number of aliphatic hydroxyl groups is 2. The topological polar surface area (TPSA) is 76.0 Å². The number of carbonyl (C=O) groups excluding carboxylic acids is 1. The number of esters is 1. The molecular formula is C29H42O5. The van der Waals surface area contributed by atoms with E-state index in [0.29, 0.717) is 11.5 Å². The number of carbonyl (C=O) groups is 1. The quantitative estimate of drug-likeness (QED) is 0.297. The van der Waals surface area contributed by atoms with Crippen LogP contribution >= 0.6 is 0 Å². The molecule has 4 atom stereocenters. The van der Waals surface area contributed by atoms with E-state index in [1.165, 1.54) is 24.8 Å². The zero-order chi connectivity index (χ0) is 24.3. The summed E-state index contributed by atoms with van der Waals surface area (Å²) in [5.74, 6) is -1.53. The summed E-state index contributed by atoms with van der Waals surface area (Å²) in [6.07, 6.45) is 16.7. The second-order valence-electron chi connectivity index (χ2n) is 11.0. The molecule has 4 rings (SSSR count). The summed E-state index contributed by atoms with van der Waals surface area (Å²) < 4.78 is 11.2. The zero-order valence-corrected chi connectivity index (χ0v) is 21.0. The Morgan fingerprint density at radius 3 is 2.74 bits per heavy atom. The number of hydrogen-bond acceptors (Lipinski definition) is 5. The molecule has 3 saturated carbocycles. The van der Waals surface area contributed by atoms with Crippen LogP contribution in [0.4, 0.5) is 0 Å². The first-order valence-electron chi connectivity index (χ1n) is 13.3. The number of aliphatic hydroxyl groups excluding tert-OH is 1. The number of rotatable bonds is 6. The summed E-state index contributed by atoms with van der Waals surface area (Å²) >= 11 is 0. The van der Waals surface area contributed by atoms with E-state index < -0.39 is 17.9 Å². The SMILES string of the molecule is C=C1C(=CC=C2CCC[C@]3(C)C(CC)=CC[C@@H]23)C[C@](O)(OCC(=O)OC2CCCCC2)C[C@@H]1O. The largest absolute Gasteiger partial charge is 0.461 e. The van der Waals surface area contributed by atoms with Crippen molar-refractivity contribution >= 4 is 5.97 Å². The minimum absolute atomic E-state index is 0.000922. The highest BCUT2D eigenvalue weighted by Crippen LogP contribution is 2.55. The van der Waals surface area contributed by atoms with Crippen LogP contribution < -0.4 is 0 Å². The fourth-order valence-electron chi connectivity index (χ4n) is 6.66. The van der Waals surface area contributed by atoms with Crippen molar-refractivity contribution in [2.75, 3.05) is 6.61 Å². The maximum Gasteiger partial charge on any atom is 0.332 e. The van der Waals surface area contributed by atoms with Crippen LogP contribution in [0.1, 0.15) is 90.9 Å². The van der Waals surface area contributed by atoms with Gasteiger partial charge in [-0.05, 0) is 80.3 Å². The highest BCUT2D eigenvalue weighted by atomic mass is 16.6. The van der Waals surface area contributed by atoms with Gasteiger partial charge in [-0.25, -0.2) is 4.79 Å². The van der Waals surface area contributed by atoms with Crippen molar-refractivity contribution in [2.24, 2.45) is 11.3 Å². The van der Waals surface area contributed by atoms with Crippen LogP contribution in [0.25, 0.3) is 0 Å². The highest BCUT2D eigenvalue weighted by Gasteiger charge is 2.44. The van der Waals surface area contributed by atoms with Crippen molar-refractivity contribution in [3.05, 3.63) is 47.1 Å². The van der Waals surface area contributed by atoms with Crippen LogP contribution in [0.15, 0.2) is 47.1 Å². The lowest BCUT2D eigenvalue weighted by Gasteiger charge is -2.41. The van der Waals surface area contributed by atoms with E-state index in [-0.39, 0.29) is 31.0 Å². The van der Waals surface area contributed by atoms with Gasteiger partial charge in [-0.3, -0.25) is 0 Å². The Morgan fingerprint density at radius 1 is 1.24 bits per heavy atom. The maximum absolute atomic E-state index is 12.3. The standard InChI is InChI=1S/C29H42O5/c1-4-23-14-15-25-21(9-8-16-28(23,25)3)12-13-22-17-29(32,18-26(30)20(22)2)33-19-27(31)34-24-10-6-5-7-11-24/h12-14,24-26,30,32H,2,4-11,15-19H2,1,3H3/t25-,26-,28+,29-/m0/s1. The molecule has 4 aliphatic rings. The predicted octanol–water partition coefficient (Wildman–Crippen LogP) is 5.68. The smallest absolute Gasteiger partial charge is 0.332 e. The van der Waals surface area contributed by atoms with E-state index in [1.54, 1.807) is 5.57 Å². The molecule has 0 bridgehead atoms. The van der Waals surface area contributed by atoms with Crippen LogP contribution in [-0.4, -0.2) is 40.8 Å². The van der Waals surface area contributed by atoms with Gasteiger partial charge in [0, 0.05) is 12.8 Å². The van der Waals surface area contributed by atoms with Gasteiger partial charge in [-0.2, -0.15) is 0 Å². The summed E-state index contributed by atoms with van der Waals surface area (Å²) in [5, 5.41) is 21.7. The first kappa shape index (κ1) is 25.4. The first-order chi connectivity index (χ1) is 16.2. The monoisotopic (exact) mass is 470 g/mol. The third-order valence-corrected chi connectivity index (χ3v) is 8.69. The van der Waals surface area contributed by atoms with Gasteiger partial charge in [-0.1, -0.05) is 56.2 Å². The van der Waals surface area contributed by atoms with E-state index in [9.17, 15) is 15.0 Å². The Morgan fingerprint density at radius 2 is 2.00 bits per heavy atom. The van der Waals surface area contributed by atoms with E-state index in [0.717, 1.165) is 50.5 Å². The molecule has 0 heterocycles. The van der Waals surface area contributed by atoms with Gasteiger partial charge in [0.25, 0.3) is 0 Å². The third kappa shape index (κ3) is 5.42. The van der Waals surface area contributed by atoms with Gasteiger partial charge in [0.1, 0.15) is 12.7 Å². The van der Waals surface area contributed by atoms with Crippen molar-refractivity contribution in [2.45, 2.75) is 109 Å². The zero-order valence-electron chi connectivity index (χ0n) is 21.0. The molecule has 188 valence electrons. The number of fused-ring (bicyclic) bond motifs is 1. The van der Waals surface area contributed by atoms with Crippen LogP contribution in [0.3, 0.4) is 0 Å². The molecule has 34 heavy (non-hydrogen) atoms. The van der Waals surface area contributed by atoms with E-state index in [1.807, 2.05) is 6.08 Å². The fourth-order valence-corrected chi connectivity index (χ4v) is 6.66. The Bertz CT molecular complexity index is 877. The van der Waals surface area contributed by atoms with Crippen LogP contribution in [0.5, 0.6) is 0 Å². The molecule has 4 aliphatic carbocycles. The molecule has 0 amide bonds. The molecule has 0 aliphatic heterocycles. The Hall–Kier alpha value is -1.69. The second kappa shape index (κ2) is 10.5. The van der Waals surface area contributed by atoms with Gasteiger partial charge in [0.15, 0.2) is 5.79 Å². The molecule has 0 radical (unpaired) electrons. The summed E-state index contributed by atoms with van der Waals surface area (Å²) in [6, 6.07) is 0. The van der Waals surface area contributed by atoms with E-state index in [2.05, 4.69) is 32.6 Å². The minimum atomic E-state index is -1.61. The van der Waals surface area contributed by atoms with Crippen molar-refractivity contribution < 1.29 is 24.5 Å². The molecule has 0 unspecified atom stereocenters. The molecule has 5 nitrogen and oxygen atoms in total. The van der Waals surface area contributed by atoms with Gasteiger partial charge < -0.3 is 19.7 Å². The fraction of sp³-hybridized carbons (Fsp3) is 0.690. The van der Waals surface area contributed by atoms with Crippen molar-refractivity contribution in [1.82, 2.24) is 0 Å². The molecular weight excluding hydrogens is 428 g/mol.